The van der Waals surface area contributed by atoms with Crippen LogP contribution < -0.4 is 10.2 Å². The second kappa shape index (κ2) is 9.20. The van der Waals surface area contributed by atoms with Crippen molar-refractivity contribution in [1.29, 1.82) is 0 Å². The van der Waals surface area contributed by atoms with Gasteiger partial charge in [-0.25, -0.2) is 8.42 Å². The fourth-order valence-corrected chi connectivity index (χ4v) is 6.64. The van der Waals surface area contributed by atoms with Crippen LogP contribution in [0.2, 0.25) is 0 Å². The lowest BCUT2D eigenvalue weighted by atomic mass is 9.97. The molecule has 8 nitrogen and oxygen atoms in total. The van der Waals surface area contributed by atoms with Gasteiger partial charge in [-0.05, 0) is 57.0 Å². The number of thiazole rings is 1. The molecular formula is C23H25N3O5S2. The van der Waals surface area contributed by atoms with Gasteiger partial charge in [0.2, 0.25) is 15.9 Å². The van der Waals surface area contributed by atoms with Gasteiger partial charge in [-0.2, -0.15) is 4.31 Å². The van der Waals surface area contributed by atoms with Gasteiger partial charge in [-0.15, -0.1) is 0 Å². The van der Waals surface area contributed by atoms with Crippen molar-refractivity contribution >= 4 is 49.0 Å². The molecule has 33 heavy (non-hydrogen) atoms. The summed E-state index contributed by atoms with van der Waals surface area (Å²) in [5.74, 6) is -0.579. The van der Waals surface area contributed by atoms with Crippen molar-refractivity contribution in [3.63, 3.8) is 0 Å². The van der Waals surface area contributed by atoms with Gasteiger partial charge in [-0.1, -0.05) is 23.5 Å². The number of ketones is 1. The highest BCUT2D eigenvalue weighted by Gasteiger charge is 2.32. The molecule has 0 bridgehead atoms. The van der Waals surface area contributed by atoms with E-state index in [4.69, 9.17) is 0 Å². The Labute approximate surface area is 195 Å². The van der Waals surface area contributed by atoms with Gasteiger partial charge < -0.3 is 5.32 Å². The van der Waals surface area contributed by atoms with Crippen LogP contribution in [0.3, 0.4) is 0 Å². The molecule has 4 rings (SSSR count). The maximum atomic E-state index is 13.2. The van der Waals surface area contributed by atoms with Gasteiger partial charge >= 0.3 is 4.87 Å². The predicted octanol–water partition coefficient (Wildman–Crippen LogP) is 3.32. The van der Waals surface area contributed by atoms with E-state index in [1.54, 1.807) is 41.0 Å². The lowest BCUT2D eigenvalue weighted by molar-refractivity contribution is -0.120. The molecule has 0 spiro atoms. The maximum absolute atomic E-state index is 13.2. The first-order valence-electron chi connectivity index (χ1n) is 10.8. The smallest absolute Gasteiger partial charge is 0.308 e. The number of sulfonamides is 1. The Hall–Kier alpha value is -2.82. The van der Waals surface area contributed by atoms with Crippen molar-refractivity contribution < 1.29 is 18.0 Å². The van der Waals surface area contributed by atoms with Crippen LogP contribution >= 0.6 is 11.3 Å². The van der Waals surface area contributed by atoms with Gasteiger partial charge in [-0.3, -0.25) is 19.0 Å². The van der Waals surface area contributed by atoms with E-state index in [-0.39, 0.29) is 40.5 Å². The highest BCUT2D eigenvalue weighted by Crippen LogP contribution is 2.28. The minimum atomic E-state index is -3.73. The topological polar surface area (TPSA) is 106 Å². The number of aryl methyl sites for hydroxylation is 1. The van der Waals surface area contributed by atoms with Crippen LogP contribution in [0.25, 0.3) is 10.2 Å². The third kappa shape index (κ3) is 4.64. The second-order valence-electron chi connectivity index (χ2n) is 8.05. The lowest BCUT2D eigenvalue weighted by Gasteiger charge is -2.30. The standard InChI is InChI=1S/C23H25N3O5S2/c1-3-26-20-8-7-19(14-21(20)32-23(26)29)33(30,31)25-11-9-16(10-12-25)22(28)24-18-6-4-5-17(13-18)15(2)27/h4-8,13-14,16H,3,9-12H2,1-2H3,(H,24,28). The molecule has 1 fully saturated rings. The van der Waals surface area contributed by atoms with Crippen LogP contribution in [0.4, 0.5) is 5.69 Å². The Kier molecular flexibility index (Phi) is 6.51. The van der Waals surface area contributed by atoms with Gasteiger partial charge in [0.25, 0.3) is 0 Å². The van der Waals surface area contributed by atoms with Gasteiger partial charge in [0, 0.05) is 36.8 Å². The van der Waals surface area contributed by atoms with Crippen LogP contribution in [-0.4, -0.2) is 42.1 Å². The average molecular weight is 488 g/mol. The van der Waals surface area contributed by atoms with Crippen LogP contribution in [0, 0.1) is 5.92 Å². The maximum Gasteiger partial charge on any atom is 0.308 e. The third-order valence-electron chi connectivity index (χ3n) is 5.96. The monoisotopic (exact) mass is 487 g/mol. The van der Waals surface area contributed by atoms with Crippen LogP contribution in [0.5, 0.6) is 0 Å². The number of amides is 1. The molecule has 1 aliphatic heterocycles. The SMILES string of the molecule is CCn1c(=O)sc2cc(S(=O)(=O)N3CCC(C(=O)Nc4cccc(C(C)=O)c4)CC3)ccc21. The molecule has 10 heteroatoms. The Morgan fingerprint density at radius 3 is 2.52 bits per heavy atom. The molecule has 1 N–H and O–H groups in total. The number of fused-ring (bicyclic) bond motifs is 1. The lowest BCUT2D eigenvalue weighted by Crippen LogP contribution is -2.41. The van der Waals surface area contributed by atoms with E-state index in [2.05, 4.69) is 5.32 Å². The van der Waals surface area contributed by atoms with E-state index in [1.807, 2.05) is 6.92 Å². The molecule has 1 aliphatic rings. The summed E-state index contributed by atoms with van der Waals surface area (Å²) in [7, 11) is -3.73. The van der Waals surface area contributed by atoms with Crippen molar-refractivity contribution in [2.24, 2.45) is 5.92 Å². The van der Waals surface area contributed by atoms with Gasteiger partial charge in [0.1, 0.15) is 0 Å². The molecule has 1 aromatic heterocycles. The summed E-state index contributed by atoms with van der Waals surface area (Å²) >= 11 is 1.04. The van der Waals surface area contributed by atoms with E-state index in [0.29, 0.717) is 35.3 Å². The fourth-order valence-electron chi connectivity index (χ4n) is 4.07. The van der Waals surface area contributed by atoms with Gasteiger partial charge in [0.05, 0.1) is 15.1 Å². The number of aromatic nitrogens is 1. The van der Waals surface area contributed by atoms with E-state index in [9.17, 15) is 22.8 Å². The number of anilines is 1. The molecule has 2 aromatic carbocycles. The van der Waals surface area contributed by atoms with Crippen LogP contribution in [0.15, 0.2) is 52.2 Å². The molecule has 1 saturated heterocycles. The Morgan fingerprint density at radius 1 is 1.12 bits per heavy atom. The zero-order chi connectivity index (χ0) is 23.8. The van der Waals surface area contributed by atoms with Crippen molar-refractivity contribution in [3.8, 4) is 0 Å². The van der Waals surface area contributed by atoms with Crippen molar-refractivity contribution in [2.75, 3.05) is 18.4 Å². The number of carbonyl (C=O) groups is 2. The molecule has 0 unspecified atom stereocenters. The largest absolute Gasteiger partial charge is 0.326 e. The Bertz CT molecular complexity index is 1380. The first-order valence-corrected chi connectivity index (χ1v) is 13.0. The van der Waals surface area contributed by atoms with Crippen molar-refractivity contribution in [3.05, 3.63) is 57.7 Å². The molecule has 0 radical (unpaired) electrons. The number of hydrogen-bond donors (Lipinski definition) is 1. The average Bonchev–Trinajstić information content (AvgIpc) is 3.13. The molecule has 1 amide bonds. The summed E-state index contributed by atoms with van der Waals surface area (Å²) < 4.78 is 30.0. The summed E-state index contributed by atoms with van der Waals surface area (Å²) in [5, 5.41) is 2.84. The number of benzene rings is 2. The number of nitrogens with zero attached hydrogens (tertiary/aromatic N) is 2. The highest BCUT2D eigenvalue weighted by atomic mass is 32.2. The van der Waals surface area contributed by atoms with Crippen molar-refractivity contribution in [1.82, 2.24) is 8.87 Å². The number of rotatable bonds is 6. The highest BCUT2D eigenvalue weighted by molar-refractivity contribution is 7.89. The quantitative estimate of drug-likeness (QED) is 0.537. The van der Waals surface area contributed by atoms with E-state index < -0.39 is 10.0 Å². The fraction of sp³-hybridized carbons (Fsp3) is 0.348. The third-order valence-corrected chi connectivity index (χ3v) is 8.79. The number of carbonyl (C=O) groups excluding carboxylic acids is 2. The molecule has 0 atom stereocenters. The summed E-state index contributed by atoms with van der Waals surface area (Å²) in [6.07, 6.45) is 0.804. The van der Waals surface area contributed by atoms with Crippen LogP contribution in [-0.2, 0) is 21.4 Å². The first kappa shape index (κ1) is 23.3. The summed E-state index contributed by atoms with van der Waals surface area (Å²) in [6, 6.07) is 11.5. The second-order valence-corrected chi connectivity index (χ2v) is 11.0. The van der Waals surface area contributed by atoms with E-state index in [1.165, 1.54) is 17.3 Å². The van der Waals surface area contributed by atoms with Gasteiger partial charge in [0.15, 0.2) is 5.78 Å². The normalized spacial score (nSPS) is 15.6. The van der Waals surface area contributed by atoms with E-state index in [0.717, 1.165) is 16.9 Å². The minimum absolute atomic E-state index is 0.0821. The minimum Gasteiger partial charge on any atom is -0.326 e. The molecule has 0 saturated carbocycles. The summed E-state index contributed by atoms with van der Waals surface area (Å²) in [4.78, 5) is 36.4. The molecule has 3 aromatic rings. The number of nitrogens with one attached hydrogen (secondary N) is 1. The zero-order valence-corrected chi connectivity index (χ0v) is 20.0. The molecular weight excluding hydrogens is 462 g/mol. The molecule has 0 aliphatic carbocycles. The van der Waals surface area contributed by atoms with Crippen molar-refractivity contribution in [2.45, 2.75) is 38.1 Å². The Morgan fingerprint density at radius 2 is 1.85 bits per heavy atom. The van der Waals surface area contributed by atoms with E-state index >= 15 is 0 Å². The predicted molar refractivity (Wildman–Crippen MR) is 128 cm³/mol. The zero-order valence-electron chi connectivity index (χ0n) is 18.4. The summed E-state index contributed by atoms with van der Waals surface area (Å²) in [6.45, 7) is 4.34. The van der Waals surface area contributed by atoms with Crippen LogP contribution in [0.1, 0.15) is 37.0 Å². The molecule has 174 valence electrons. The Balaban J connectivity index is 1.44. The number of piperidine rings is 1. The molecule has 2 heterocycles. The number of hydrogen-bond acceptors (Lipinski definition) is 6. The number of Topliss-reactive ketones (excluding diaryl/α,β-unsaturated/α-hetero) is 1. The first-order chi connectivity index (χ1) is 15.7. The summed E-state index contributed by atoms with van der Waals surface area (Å²) in [5.41, 5.74) is 1.80.